The summed E-state index contributed by atoms with van der Waals surface area (Å²) in [7, 11) is 0. The predicted molar refractivity (Wildman–Crippen MR) is 98.0 cm³/mol. The fourth-order valence-corrected chi connectivity index (χ4v) is 3.04. The van der Waals surface area contributed by atoms with E-state index in [1.54, 1.807) is 43.5 Å². The Labute approximate surface area is 153 Å². The molecule has 1 amide bonds. The molecular formula is C16H16ClN5O2S. The molecular weight excluding hydrogens is 362 g/mol. The van der Waals surface area contributed by atoms with Gasteiger partial charge in [0.05, 0.1) is 17.1 Å². The normalized spacial score (nSPS) is 12.1. The number of benzene rings is 1. The van der Waals surface area contributed by atoms with E-state index < -0.39 is 5.25 Å². The SMILES string of the molecule is Cc1occc1-c1nnc(SC(C)C(=O)Nc2ccc(Cl)cc2)n1N. The van der Waals surface area contributed by atoms with E-state index in [-0.39, 0.29) is 5.91 Å². The molecule has 2 heterocycles. The van der Waals surface area contributed by atoms with Crippen molar-refractivity contribution in [3.05, 3.63) is 47.4 Å². The average Bonchev–Trinajstić information content (AvgIpc) is 3.16. The molecule has 25 heavy (non-hydrogen) atoms. The van der Waals surface area contributed by atoms with Gasteiger partial charge in [-0.3, -0.25) is 4.79 Å². The molecule has 0 aliphatic heterocycles. The van der Waals surface area contributed by atoms with Crippen molar-refractivity contribution in [2.24, 2.45) is 0 Å². The van der Waals surface area contributed by atoms with E-state index in [0.717, 1.165) is 5.56 Å². The van der Waals surface area contributed by atoms with Crippen molar-refractivity contribution in [1.82, 2.24) is 14.9 Å². The summed E-state index contributed by atoms with van der Waals surface area (Å²) in [6, 6.07) is 8.68. The maximum atomic E-state index is 12.3. The minimum atomic E-state index is -0.416. The third-order valence-electron chi connectivity index (χ3n) is 3.53. The first kappa shape index (κ1) is 17.4. The second-order valence-corrected chi connectivity index (χ2v) is 7.07. The van der Waals surface area contributed by atoms with E-state index in [1.807, 2.05) is 6.92 Å². The van der Waals surface area contributed by atoms with E-state index in [9.17, 15) is 4.79 Å². The van der Waals surface area contributed by atoms with Crippen LogP contribution in [0, 0.1) is 6.92 Å². The van der Waals surface area contributed by atoms with Crippen LogP contribution in [0.1, 0.15) is 12.7 Å². The largest absolute Gasteiger partial charge is 0.469 e. The number of nitrogens with zero attached hydrogens (tertiary/aromatic N) is 3. The number of anilines is 1. The number of nitrogen functional groups attached to an aromatic ring is 1. The number of amides is 1. The van der Waals surface area contributed by atoms with Gasteiger partial charge in [-0.05, 0) is 44.2 Å². The van der Waals surface area contributed by atoms with Gasteiger partial charge in [0.25, 0.3) is 0 Å². The van der Waals surface area contributed by atoms with Crippen molar-refractivity contribution in [1.29, 1.82) is 0 Å². The van der Waals surface area contributed by atoms with Crippen LogP contribution in [0.4, 0.5) is 5.69 Å². The van der Waals surface area contributed by atoms with Gasteiger partial charge in [0.2, 0.25) is 11.1 Å². The van der Waals surface area contributed by atoms with Crippen molar-refractivity contribution < 1.29 is 9.21 Å². The molecule has 1 atom stereocenters. The van der Waals surface area contributed by atoms with Crippen molar-refractivity contribution in [3.8, 4) is 11.4 Å². The maximum absolute atomic E-state index is 12.3. The van der Waals surface area contributed by atoms with Crippen molar-refractivity contribution in [2.75, 3.05) is 11.2 Å². The molecule has 3 N–H and O–H groups in total. The molecule has 0 aliphatic rings. The number of rotatable bonds is 5. The highest BCUT2D eigenvalue weighted by atomic mass is 35.5. The summed E-state index contributed by atoms with van der Waals surface area (Å²) in [5, 5.41) is 11.6. The second-order valence-electron chi connectivity index (χ2n) is 5.32. The summed E-state index contributed by atoms with van der Waals surface area (Å²) < 4.78 is 6.62. The van der Waals surface area contributed by atoms with Crippen LogP contribution in [-0.2, 0) is 4.79 Å². The zero-order chi connectivity index (χ0) is 18.0. The topological polar surface area (TPSA) is 99.0 Å². The standard InChI is InChI=1S/C16H16ClN5O2S/c1-9-13(7-8-24-9)14-20-21-16(22(14)18)25-10(2)15(23)19-12-5-3-11(17)4-6-12/h3-8,10H,18H2,1-2H3,(H,19,23). The summed E-state index contributed by atoms with van der Waals surface area (Å²) >= 11 is 7.06. The van der Waals surface area contributed by atoms with Gasteiger partial charge in [-0.15, -0.1) is 10.2 Å². The molecule has 0 saturated heterocycles. The molecule has 3 aromatic rings. The smallest absolute Gasteiger partial charge is 0.237 e. The number of furan rings is 1. The van der Waals surface area contributed by atoms with Crippen LogP contribution in [0.25, 0.3) is 11.4 Å². The number of nitrogens with two attached hydrogens (primary N) is 1. The number of aromatic nitrogens is 3. The van der Waals surface area contributed by atoms with Gasteiger partial charge in [-0.25, -0.2) is 4.68 Å². The number of aryl methyl sites for hydroxylation is 1. The molecule has 1 unspecified atom stereocenters. The Bertz CT molecular complexity index is 890. The molecule has 0 aliphatic carbocycles. The molecule has 9 heteroatoms. The zero-order valence-electron chi connectivity index (χ0n) is 13.6. The van der Waals surface area contributed by atoms with Crippen LogP contribution < -0.4 is 11.2 Å². The van der Waals surface area contributed by atoms with Gasteiger partial charge in [0, 0.05) is 10.7 Å². The first-order valence-electron chi connectivity index (χ1n) is 7.43. The van der Waals surface area contributed by atoms with Gasteiger partial charge in [-0.1, -0.05) is 23.4 Å². The molecule has 2 aromatic heterocycles. The Kier molecular flexibility index (Phi) is 5.00. The van der Waals surface area contributed by atoms with Gasteiger partial charge < -0.3 is 15.6 Å². The Morgan fingerprint density at radius 2 is 2.04 bits per heavy atom. The number of carbonyl (C=O) groups is 1. The highest BCUT2D eigenvalue weighted by molar-refractivity contribution is 8.00. The van der Waals surface area contributed by atoms with Crippen LogP contribution in [-0.4, -0.2) is 26.0 Å². The van der Waals surface area contributed by atoms with E-state index in [4.69, 9.17) is 21.9 Å². The van der Waals surface area contributed by atoms with E-state index in [0.29, 0.717) is 27.5 Å². The molecule has 0 fully saturated rings. The summed E-state index contributed by atoms with van der Waals surface area (Å²) in [5.41, 5.74) is 1.44. The minimum absolute atomic E-state index is 0.170. The van der Waals surface area contributed by atoms with E-state index >= 15 is 0 Å². The lowest BCUT2D eigenvalue weighted by Gasteiger charge is -2.11. The number of hydrogen-bond acceptors (Lipinski definition) is 6. The van der Waals surface area contributed by atoms with Crippen LogP contribution in [0.5, 0.6) is 0 Å². The molecule has 7 nitrogen and oxygen atoms in total. The fraction of sp³-hybridized carbons (Fsp3) is 0.188. The monoisotopic (exact) mass is 377 g/mol. The second kappa shape index (κ2) is 7.20. The van der Waals surface area contributed by atoms with Gasteiger partial charge in [0.15, 0.2) is 5.82 Å². The van der Waals surface area contributed by atoms with Gasteiger partial charge in [-0.2, -0.15) is 0 Å². The summed E-state index contributed by atoms with van der Waals surface area (Å²) in [6.45, 7) is 3.59. The Balaban J connectivity index is 1.69. The van der Waals surface area contributed by atoms with Crippen LogP contribution in [0.2, 0.25) is 5.02 Å². The molecule has 0 radical (unpaired) electrons. The average molecular weight is 378 g/mol. The fourth-order valence-electron chi connectivity index (χ4n) is 2.15. The third kappa shape index (κ3) is 3.80. The maximum Gasteiger partial charge on any atom is 0.237 e. The lowest BCUT2D eigenvalue weighted by atomic mass is 10.2. The van der Waals surface area contributed by atoms with Gasteiger partial charge in [0.1, 0.15) is 5.76 Å². The van der Waals surface area contributed by atoms with Crippen molar-refractivity contribution in [3.63, 3.8) is 0 Å². The first-order valence-corrected chi connectivity index (χ1v) is 8.69. The number of nitrogens with one attached hydrogen (secondary N) is 1. The Morgan fingerprint density at radius 3 is 2.68 bits per heavy atom. The Morgan fingerprint density at radius 1 is 1.32 bits per heavy atom. The van der Waals surface area contributed by atoms with Crippen molar-refractivity contribution in [2.45, 2.75) is 24.3 Å². The quantitative estimate of drug-likeness (QED) is 0.522. The number of thioether (sulfide) groups is 1. The molecule has 0 spiro atoms. The molecule has 0 bridgehead atoms. The van der Waals surface area contributed by atoms with Gasteiger partial charge >= 0.3 is 0 Å². The van der Waals surface area contributed by atoms with Crippen LogP contribution in [0.15, 0.2) is 46.2 Å². The lowest BCUT2D eigenvalue weighted by molar-refractivity contribution is -0.115. The lowest BCUT2D eigenvalue weighted by Crippen LogP contribution is -2.23. The van der Waals surface area contributed by atoms with Crippen LogP contribution >= 0.6 is 23.4 Å². The summed E-state index contributed by atoms with van der Waals surface area (Å²) in [5.74, 6) is 7.08. The first-order chi connectivity index (χ1) is 12.0. The zero-order valence-corrected chi connectivity index (χ0v) is 15.1. The van der Waals surface area contributed by atoms with E-state index in [2.05, 4.69) is 15.5 Å². The van der Waals surface area contributed by atoms with E-state index in [1.165, 1.54) is 16.4 Å². The Hall–Kier alpha value is -2.45. The number of carbonyl (C=O) groups excluding carboxylic acids is 1. The minimum Gasteiger partial charge on any atom is -0.469 e. The number of halogens is 1. The predicted octanol–water partition coefficient (Wildman–Crippen LogP) is 3.33. The summed E-state index contributed by atoms with van der Waals surface area (Å²) in [6.07, 6.45) is 1.56. The number of hydrogen-bond donors (Lipinski definition) is 2. The van der Waals surface area contributed by atoms with Crippen molar-refractivity contribution >= 4 is 35.0 Å². The third-order valence-corrected chi connectivity index (χ3v) is 4.84. The molecule has 1 aromatic carbocycles. The van der Waals surface area contributed by atoms with Crippen LogP contribution in [0.3, 0.4) is 0 Å². The highest BCUT2D eigenvalue weighted by Gasteiger charge is 2.21. The molecule has 130 valence electrons. The summed E-state index contributed by atoms with van der Waals surface area (Å²) in [4.78, 5) is 12.3. The molecule has 0 saturated carbocycles. The highest BCUT2D eigenvalue weighted by Crippen LogP contribution is 2.27. The molecule has 3 rings (SSSR count).